The molecule has 3 aromatic rings. The summed E-state index contributed by atoms with van der Waals surface area (Å²) in [5.74, 6) is -1.35. The molecule has 3 heterocycles. The number of aliphatic imine (C=N–C) groups is 1. The molecule has 5 rings (SSSR count). The molecule has 1 N–H and O–H groups in total. The van der Waals surface area contributed by atoms with Crippen molar-refractivity contribution >= 4 is 68.6 Å². The number of rotatable bonds is 3. The quantitative estimate of drug-likeness (QED) is 0.215. The fraction of sp³-hybridized carbons (Fsp3) is 0.269. The van der Waals surface area contributed by atoms with Crippen LogP contribution in [0.2, 0.25) is 10.0 Å². The number of nitrogens with zero attached hydrogens (tertiary/aromatic N) is 4. The van der Waals surface area contributed by atoms with Crippen LogP contribution in [0.25, 0.3) is 10.9 Å². The van der Waals surface area contributed by atoms with Crippen LogP contribution < -0.4 is 0 Å². The Balaban J connectivity index is 1.65. The number of carbonyl (C=O) groups excluding carboxylic acids is 2. The average Bonchev–Trinajstić information content (AvgIpc) is 3.32. The van der Waals surface area contributed by atoms with E-state index in [4.69, 9.17) is 23.2 Å². The molecule has 0 saturated heterocycles. The lowest BCUT2D eigenvalue weighted by molar-refractivity contribution is -0.135. The van der Waals surface area contributed by atoms with Gasteiger partial charge in [0, 0.05) is 32.5 Å². The molecular formula is C26H22Cl2N4O4S. The number of ether oxygens (including phenoxy) is 1. The van der Waals surface area contributed by atoms with E-state index in [1.165, 1.54) is 7.11 Å². The fourth-order valence-electron chi connectivity index (χ4n) is 5.28. The summed E-state index contributed by atoms with van der Waals surface area (Å²) in [5.41, 5.74) is 2.10. The number of hydrogen-bond acceptors (Lipinski definition) is 7. The first-order valence-corrected chi connectivity index (χ1v) is 12.9. The Bertz CT molecular complexity index is 1570. The van der Waals surface area contributed by atoms with E-state index < -0.39 is 22.8 Å². The molecule has 0 aliphatic carbocycles. The van der Waals surface area contributed by atoms with Crippen molar-refractivity contribution in [3.63, 3.8) is 0 Å². The second-order valence-electron chi connectivity index (χ2n) is 9.72. The third kappa shape index (κ3) is 4.24. The van der Waals surface area contributed by atoms with Gasteiger partial charge in [-0.1, -0.05) is 42.3 Å². The lowest BCUT2D eigenvalue weighted by atomic mass is 9.66. The van der Waals surface area contributed by atoms with E-state index >= 15 is 0 Å². The summed E-state index contributed by atoms with van der Waals surface area (Å²) in [5, 5.41) is 21.6. The first kappa shape index (κ1) is 25.5. The molecule has 0 spiro atoms. The van der Waals surface area contributed by atoms with Crippen LogP contribution in [0.4, 0.5) is 5.69 Å². The summed E-state index contributed by atoms with van der Waals surface area (Å²) in [7, 11) is 1.22. The van der Waals surface area contributed by atoms with E-state index in [2.05, 4.69) is 40.7 Å². The molecule has 8 nitrogen and oxygen atoms in total. The van der Waals surface area contributed by atoms with Gasteiger partial charge in [-0.3, -0.25) is 4.79 Å². The van der Waals surface area contributed by atoms with Gasteiger partial charge in [-0.2, -0.15) is 4.99 Å². The number of halogens is 2. The van der Waals surface area contributed by atoms with Gasteiger partial charge in [0.2, 0.25) is 11.0 Å². The Kier molecular flexibility index (Phi) is 6.21. The maximum absolute atomic E-state index is 12.1. The molecule has 2 aliphatic rings. The standard InChI is InChI=1S/C26H22Cl2N4O4S/c1-25(2)12-26(3,13-5-7-14(27)8-6-13)17-10-15(28)9-16-20(23(35)32(25)21(16)17)30-31-24-29-22(34)18(37-24)11-19(33)36-4/h5-11,35H,12H2,1-4H3/b18-11-,31-30?. The minimum atomic E-state index is -0.670. The van der Waals surface area contributed by atoms with Crippen molar-refractivity contribution in [3.05, 3.63) is 68.6 Å². The van der Waals surface area contributed by atoms with Gasteiger partial charge < -0.3 is 14.4 Å². The van der Waals surface area contributed by atoms with Gasteiger partial charge in [-0.05, 0) is 67.4 Å². The van der Waals surface area contributed by atoms with E-state index in [1.807, 2.05) is 34.9 Å². The minimum absolute atomic E-state index is 0.0443. The highest BCUT2D eigenvalue weighted by Crippen LogP contribution is 2.55. The van der Waals surface area contributed by atoms with Gasteiger partial charge >= 0.3 is 5.97 Å². The number of amides is 1. The van der Waals surface area contributed by atoms with E-state index in [1.54, 1.807) is 6.07 Å². The number of amidine groups is 1. The fourth-order valence-corrected chi connectivity index (χ4v) is 6.31. The number of aromatic nitrogens is 1. The second kappa shape index (κ2) is 9.01. The molecule has 2 aliphatic heterocycles. The van der Waals surface area contributed by atoms with E-state index in [9.17, 15) is 14.7 Å². The topological polar surface area (TPSA) is 106 Å². The lowest BCUT2D eigenvalue weighted by Crippen LogP contribution is -2.41. The number of hydrogen-bond donors (Lipinski definition) is 1. The van der Waals surface area contributed by atoms with Crippen LogP contribution in [0.1, 0.15) is 38.3 Å². The zero-order valence-electron chi connectivity index (χ0n) is 20.4. The molecule has 2 aromatic carbocycles. The minimum Gasteiger partial charge on any atom is -0.493 e. The van der Waals surface area contributed by atoms with Gasteiger partial charge in [0.05, 0.1) is 17.5 Å². The SMILES string of the molecule is COC(=O)/C=C1\SC(N=Nc2c(O)n3c4c(cc(Cl)cc24)C(C)(c2ccc(Cl)cc2)CC3(C)C)=NC1=O. The van der Waals surface area contributed by atoms with Crippen molar-refractivity contribution in [2.45, 2.75) is 38.1 Å². The molecule has 0 fully saturated rings. The Hall–Kier alpha value is -3.14. The Labute approximate surface area is 227 Å². The molecule has 190 valence electrons. The zero-order chi connectivity index (χ0) is 26.7. The predicted molar refractivity (Wildman–Crippen MR) is 145 cm³/mol. The van der Waals surface area contributed by atoms with Crippen LogP contribution in [0, 0.1) is 0 Å². The number of esters is 1. The van der Waals surface area contributed by atoms with Crippen molar-refractivity contribution in [1.29, 1.82) is 0 Å². The van der Waals surface area contributed by atoms with E-state index in [0.717, 1.165) is 34.5 Å². The first-order chi connectivity index (χ1) is 17.4. The van der Waals surface area contributed by atoms with Gasteiger partial charge in [0.1, 0.15) is 0 Å². The number of methoxy groups -OCH3 is 1. The largest absolute Gasteiger partial charge is 0.493 e. The highest BCUT2D eigenvalue weighted by Gasteiger charge is 2.45. The highest BCUT2D eigenvalue weighted by atomic mass is 35.5. The van der Waals surface area contributed by atoms with Crippen molar-refractivity contribution < 1.29 is 19.4 Å². The Morgan fingerprint density at radius 2 is 1.86 bits per heavy atom. The van der Waals surface area contributed by atoms with Crippen LogP contribution in [0.3, 0.4) is 0 Å². The lowest BCUT2D eigenvalue weighted by Gasteiger charge is -2.45. The number of aromatic hydroxyl groups is 1. The van der Waals surface area contributed by atoms with Gasteiger partial charge in [-0.15, -0.1) is 10.2 Å². The summed E-state index contributed by atoms with van der Waals surface area (Å²) in [6.45, 7) is 6.26. The van der Waals surface area contributed by atoms with Crippen LogP contribution in [-0.2, 0) is 25.3 Å². The summed E-state index contributed by atoms with van der Waals surface area (Å²) < 4.78 is 6.42. The van der Waals surface area contributed by atoms with E-state index in [0.29, 0.717) is 21.9 Å². The van der Waals surface area contributed by atoms with Gasteiger partial charge in [-0.25, -0.2) is 4.79 Å². The molecule has 1 unspecified atom stereocenters. The van der Waals surface area contributed by atoms with Crippen molar-refractivity contribution in [2.75, 3.05) is 7.11 Å². The summed E-state index contributed by atoms with van der Waals surface area (Å²) in [6, 6.07) is 11.4. The normalized spacial score (nSPS) is 21.7. The van der Waals surface area contributed by atoms with Crippen molar-refractivity contribution in [3.8, 4) is 5.88 Å². The number of azo groups is 1. The Morgan fingerprint density at radius 3 is 2.54 bits per heavy atom. The second-order valence-corrected chi connectivity index (χ2v) is 11.6. The molecular weight excluding hydrogens is 535 g/mol. The molecule has 0 bridgehead atoms. The predicted octanol–water partition coefficient (Wildman–Crippen LogP) is 6.87. The van der Waals surface area contributed by atoms with Crippen LogP contribution in [0.5, 0.6) is 5.88 Å². The summed E-state index contributed by atoms with van der Waals surface area (Å²) in [6.07, 6.45) is 1.72. The zero-order valence-corrected chi connectivity index (χ0v) is 22.7. The molecule has 0 saturated carbocycles. The molecule has 1 aromatic heterocycles. The number of thioether (sulfide) groups is 1. The van der Waals surface area contributed by atoms with Gasteiger partial charge in [0.15, 0.2) is 5.69 Å². The third-order valence-corrected chi connectivity index (χ3v) is 8.08. The first-order valence-electron chi connectivity index (χ1n) is 11.3. The monoisotopic (exact) mass is 556 g/mol. The Morgan fingerprint density at radius 1 is 1.16 bits per heavy atom. The van der Waals surface area contributed by atoms with Crippen LogP contribution in [-0.4, -0.2) is 33.8 Å². The molecule has 1 atom stereocenters. The average molecular weight is 557 g/mol. The summed E-state index contributed by atoms with van der Waals surface area (Å²) >= 11 is 13.7. The van der Waals surface area contributed by atoms with E-state index in [-0.39, 0.29) is 21.6 Å². The van der Waals surface area contributed by atoms with Crippen molar-refractivity contribution in [1.82, 2.24) is 4.57 Å². The number of benzene rings is 2. The molecule has 11 heteroatoms. The maximum Gasteiger partial charge on any atom is 0.331 e. The molecule has 0 radical (unpaired) electrons. The maximum atomic E-state index is 12.1. The van der Waals surface area contributed by atoms with Crippen LogP contribution in [0.15, 0.2) is 62.6 Å². The highest BCUT2D eigenvalue weighted by molar-refractivity contribution is 8.18. The molecule has 1 amide bonds. The molecule has 37 heavy (non-hydrogen) atoms. The van der Waals surface area contributed by atoms with Crippen LogP contribution >= 0.6 is 35.0 Å². The van der Waals surface area contributed by atoms with Crippen molar-refractivity contribution in [2.24, 2.45) is 15.2 Å². The smallest absolute Gasteiger partial charge is 0.331 e. The summed E-state index contributed by atoms with van der Waals surface area (Å²) in [4.78, 5) is 27.5. The van der Waals surface area contributed by atoms with Gasteiger partial charge in [0.25, 0.3) is 5.91 Å². The third-order valence-electron chi connectivity index (χ3n) is 6.74. The number of carbonyl (C=O) groups is 2.